The van der Waals surface area contributed by atoms with E-state index >= 15 is 0 Å². The Balaban J connectivity index is 2.25. The molecule has 152 valence electrons. The van der Waals surface area contributed by atoms with Gasteiger partial charge in [-0.15, -0.1) is 0 Å². The monoisotopic (exact) mass is 402 g/mol. The zero-order valence-corrected chi connectivity index (χ0v) is 15.7. The number of esters is 1. The molecule has 28 heavy (non-hydrogen) atoms. The van der Waals surface area contributed by atoms with E-state index in [0.717, 1.165) is 0 Å². The van der Waals surface area contributed by atoms with Crippen LogP contribution in [0.1, 0.15) is 56.5 Å². The van der Waals surface area contributed by atoms with Crippen LogP contribution in [0.5, 0.6) is 0 Å². The Morgan fingerprint density at radius 1 is 0.893 bits per heavy atom. The molecule has 1 aromatic heterocycles. The van der Waals surface area contributed by atoms with Gasteiger partial charge in [-0.25, -0.2) is 31.9 Å². The number of halogens is 5. The topological polar surface area (TPSA) is 52.1 Å². The van der Waals surface area contributed by atoms with Gasteiger partial charge in [-0.2, -0.15) is 0 Å². The molecule has 0 aliphatic heterocycles. The second kappa shape index (κ2) is 8.62. The van der Waals surface area contributed by atoms with Gasteiger partial charge in [-0.3, -0.25) is 4.79 Å². The van der Waals surface area contributed by atoms with Crippen molar-refractivity contribution in [3.8, 4) is 0 Å². The van der Waals surface area contributed by atoms with Gasteiger partial charge >= 0.3 is 5.97 Å². The smallest absolute Gasteiger partial charge is 0.314 e. The lowest BCUT2D eigenvalue weighted by atomic mass is 9.90. The molecule has 1 atom stereocenters. The van der Waals surface area contributed by atoms with Crippen LogP contribution in [0.2, 0.25) is 0 Å². The summed E-state index contributed by atoms with van der Waals surface area (Å²) in [5, 5.41) is 0. The Kier molecular flexibility index (Phi) is 6.69. The summed E-state index contributed by atoms with van der Waals surface area (Å²) in [7, 11) is 0. The first-order valence-corrected chi connectivity index (χ1v) is 8.55. The van der Waals surface area contributed by atoms with Gasteiger partial charge in [0.2, 0.25) is 5.82 Å². The van der Waals surface area contributed by atoms with Crippen molar-refractivity contribution >= 4 is 5.97 Å². The van der Waals surface area contributed by atoms with Crippen molar-refractivity contribution < 1.29 is 31.5 Å². The summed E-state index contributed by atoms with van der Waals surface area (Å²) < 4.78 is 71.9. The average molecular weight is 402 g/mol. The molecule has 0 aliphatic carbocycles. The van der Waals surface area contributed by atoms with Crippen LogP contribution in [-0.4, -0.2) is 15.9 Å². The molecule has 1 aromatic carbocycles. The summed E-state index contributed by atoms with van der Waals surface area (Å²) >= 11 is 0. The molecule has 2 aromatic rings. The molecular formula is C19H19F5N2O2. The number of carbonyl (C=O) groups is 1. The van der Waals surface area contributed by atoms with E-state index in [4.69, 9.17) is 4.74 Å². The van der Waals surface area contributed by atoms with E-state index in [1.165, 1.54) is 12.4 Å². The van der Waals surface area contributed by atoms with E-state index in [9.17, 15) is 26.7 Å². The van der Waals surface area contributed by atoms with Crippen molar-refractivity contribution in [2.75, 3.05) is 0 Å². The molecule has 0 spiro atoms. The highest BCUT2D eigenvalue weighted by Crippen LogP contribution is 2.28. The van der Waals surface area contributed by atoms with Crippen LogP contribution < -0.4 is 0 Å². The first-order chi connectivity index (χ1) is 13.1. The fourth-order valence-electron chi connectivity index (χ4n) is 2.61. The van der Waals surface area contributed by atoms with Crippen LogP contribution in [0.4, 0.5) is 22.0 Å². The third kappa shape index (κ3) is 4.28. The Bertz CT molecular complexity index is 841. The minimum absolute atomic E-state index is 0.0766. The number of nitrogens with zero attached hydrogens (tertiary/aromatic N) is 2. The van der Waals surface area contributed by atoms with Crippen molar-refractivity contribution in [3.05, 3.63) is 58.4 Å². The van der Waals surface area contributed by atoms with Gasteiger partial charge in [0, 0.05) is 23.9 Å². The van der Waals surface area contributed by atoms with Crippen LogP contribution in [0, 0.1) is 35.0 Å². The predicted molar refractivity (Wildman–Crippen MR) is 89.7 cm³/mol. The van der Waals surface area contributed by atoms with E-state index in [2.05, 4.69) is 9.97 Å². The van der Waals surface area contributed by atoms with Crippen LogP contribution in [0.25, 0.3) is 0 Å². The minimum Gasteiger partial charge on any atom is -0.460 e. The summed E-state index contributed by atoms with van der Waals surface area (Å²) in [6.45, 7) is 6.11. The average Bonchev–Trinajstić information content (AvgIpc) is 2.65. The molecule has 0 N–H and O–H groups in total. The van der Waals surface area contributed by atoms with Crippen LogP contribution in [0.3, 0.4) is 0 Å². The summed E-state index contributed by atoms with van der Waals surface area (Å²) in [6, 6.07) is 0. The third-order valence-corrected chi connectivity index (χ3v) is 4.15. The Morgan fingerprint density at radius 3 is 1.79 bits per heavy atom. The molecule has 2 rings (SSSR count). The van der Waals surface area contributed by atoms with Crippen LogP contribution >= 0.6 is 0 Å². The van der Waals surface area contributed by atoms with Gasteiger partial charge in [0.15, 0.2) is 23.3 Å². The minimum atomic E-state index is -2.27. The molecule has 0 aliphatic rings. The van der Waals surface area contributed by atoms with Crippen molar-refractivity contribution in [1.29, 1.82) is 0 Å². The maximum atomic E-state index is 13.7. The fourth-order valence-corrected chi connectivity index (χ4v) is 2.61. The molecule has 1 heterocycles. The Morgan fingerprint density at radius 2 is 1.36 bits per heavy atom. The molecule has 0 bridgehead atoms. The Labute approximate surface area is 158 Å². The Hall–Kier alpha value is -2.58. The number of ether oxygens (including phenoxy) is 1. The molecule has 0 amide bonds. The van der Waals surface area contributed by atoms with Gasteiger partial charge < -0.3 is 4.74 Å². The number of hydrogen-bond acceptors (Lipinski definition) is 4. The molecule has 0 radical (unpaired) electrons. The lowest BCUT2D eigenvalue weighted by Gasteiger charge is -2.20. The highest BCUT2D eigenvalue weighted by molar-refractivity contribution is 5.78. The largest absolute Gasteiger partial charge is 0.460 e. The predicted octanol–water partition coefficient (Wildman–Crippen LogP) is 4.78. The van der Waals surface area contributed by atoms with Crippen molar-refractivity contribution in [2.24, 2.45) is 5.92 Å². The third-order valence-electron chi connectivity index (χ3n) is 4.15. The van der Waals surface area contributed by atoms with Crippen molar-refractivity contribution in [3.63, 3.8) is 0 Å². The van der Waals surface area contributed by atoms with E-state index in [-0.39, 0.29) is 11.8 Å². The number of benzene rings is 1. The first kappa shape index (κ1) is 21.7. The number of hydrogen-bond donors (Lipinski definition) is 0. The van der Waals surface area contributed by atoms with Gasteiger partial charge in [0.25, 0.3) is 0 Å². The molecule has 1 unspecified atom stereocenters. The highest BCUT2D eigenvalue weighted by Gasteiger charge is 2.30. The molecular weight excluding hydrogens is 383 g/mol. The van der Waals surface area contributed by atoms with Crippen LogP contribution in [0.15, 0.2) is 12.4 Å². The quantitative estimate of drug-likeness (QED) is 0.302. The molecule has 9 heteroatoms. The molecule has 0 fully saturated rings. The lowest BCUT2D eigenvalue weighted by Crippen LogP contribution is -2.22. The summed E-state index contributed by atoms with van der Waals surface area (Å²) in [4.78, 5) is 20.8. The van der Waals surface area contributed by atoms with Gasteiger partial charge in [-0.1, -0.05) is 27.7 Å². The zero-order valence-electron chi connectivity index (χ0n) is 15.7. The highest BCUT2D eigenvalue weighted by atomic mass is 19.2. The summed E-state index contributed by atoms with van der Waals surface area (Å²) in [5.41, 5.74) is -0.791. The van der Waals surface area contributed by atoms with Crippen molar-refractivity contribution in [2.45, 2.75) is 46.1 Å². The van der Waals surface area contributed by atoms with E-state index in [1.54, 1.807) is 13.8 Å². The van der Waals surface area contributed by atoms with Gasteiger partial charge in [0.1, 0.15) is 12.4 Å². The van der Waals surface area contributed by atoms with Gasteiger partial charge in [-0.05, 0) is 5.92 Å². The number of aromatic nitrogens is 2. The number of carbonyl (C=O) groups excluding carboxylic acids is 1. The first-order valence-electron chi connectivity index (χ1n) is 8.55. The second-order valence-electron chi connectivity index (χ2n) is 6.91. The van der Waals surface area contributed by atoms with Crippen LogP contribution in [-0.2, 0) is 16.1 Å². The summed E-state index contributed by atoms with van der Waals surface area (Å²) in [6.07, 6.45) is 2.90. The maximum Gasteiger partial charge on any atom is 0.314 e. The van der Waals surface area contributed by atoms with E-state index in [0.29, 0.717) is 11.4 Å². The standard InChI is InChI=1S/C19H19F5N2O2/c1-8(2)12(10-5-25-18(9(3)4)26-6-10)19(27)28-7-11-13(20)15(22)17(24)16(23)14(11)21/h5-6,8-9,12H,7H2,1-4H3. The maximum absolute atomic E-state index is 13.7. The molecule has 0 saturated carbocycles. The second-order valence-corrected chi connectivity index (χ2v) is 6.91. The fraction of sp³-hybridized carbons (Fsp3) is 0.421. The molecule has 4 nitrogen and oxygen atoms in total. The number of rotatable bonds is 6. The van der Waals surface area contributed by atoms with E-state index in [1.807, 2.05) is 13.8 Å². The van der Waals surface area contributed by atoms with Gasteiger partial charge in [0.05, 0.1) is 11.5 Å². The SMILES string of the molecule is CC(C)c1ncc(C(C(=O)OCc2c(F)c(F)c(F)c(F)c2F)C(C)C)cn1. The zero-order chi connectivity index (χ0) is 21.2. The lowest BCUT2D eigenvalue weighted by molar-refractivity contribution is -0.148. The van der Waals surface area contributed by atoms with E-state index < -0.39 is 53.1 Å². The summed E-state index contributed by atoms with van der Waals surface area (Å²) in [5.74, 6) is -11.9. The van der Waals surface area contributed by atoms with Crippen molar-refractivity contribution in [1.82, 2.24) is 9.97 Å². The molecule has 0 saturated heterocycles. The normalized spacial score (nSPS) is 12.5.